The predicted octanol–water partition coefficient (Wildman–Crippen LogP) is -0.341. The van der Waals surface area contributed by atoms with Gasteiger partial charge in [-0.05, 0) is 12.3 Å². The van der Waals surface area contributed by atoms with E-state index in [2.05, 4.69) is 10.6 Å². The van der Waals surface area contributed by atoms with Crippen LogP contribution in [0.4, 0.5) is 4.79 Å². The molecule has 0 radical (unpaired) electrons. The van der Waals surface area contributed by atoms with Gasteiger partial charge in [0, 0.05) is 0 Å². The fraction of sp³-hybridized carbons (Fsp3) is 0.700. The number of hydrogen-bond acceptors (Lipinski definition) is 3. The smallest absolute Gasteiger partial charge is 0.326 e. The van der Waals surface area contributed by atoms with Gasteiger partial charge in [0.05, 0.1) is 0 Å². The van der Waals surface area contributed by atoms with Gasteiger partial charge in [0.25, 0.3) is 0 Å². The molecule has 0 fully saturated rings. The molecule has 0 bridgehead atoms. The minimum atomic E-state index is -1.11. The first kappa shape index (κ1) is 15.2. The molecule has 3 amide bonds. The van der Waals surface area contributed by atoms with Crippen molar-refractivity contribution in [3.05, 3.63) is 0 Å². The van der Waals surface area contributed by atoms with E-state index < -0.39 is 30.0 Å². The molecule has 0 saturated carbocycles. The largest absolute Gasteiger partial charge is 0.480 e. The minimum absolute atomic E-state index is 0.186. The predicted molar refractivity (Wildman–Crippen MR) is 61.2 cm³/mol. The lowest BCUT2D eigenvalue weighted by molar-refractivity contribution is -0.142. The number of carbonyl (C=O) groups excluding carboxylic acids is 2. The van der Waals surface area contributed by atoms with Crippen molar-refractivity contribution in [1.29, 1.82) is 0 Å². The van der Waals surface area contributed by atoms with E-state index in [4.69, 9.17) is 10.8 Å². The van der Waals surface area contributed by atoms with Crippen LogP contribution in [0.15, 0.2) is 0 Å². The third-order valence-corrected chi connectivity index (χ3v) is 2.27. The Balaban J connectivity index is 4.62. The first-order chi connectivity index (χ1) is 7.79. The van der Waals surface area contributed by atoms with Crippen LogP contribution in [0.2, 0.25) is 0 Å². The molecule has 0 aromatic heterocycles. The Morgan fingerprint density at radius 2 is 1.76 bits per heavy atom. The normalized spacial score (nSPS) is 13.9. The summed E-state index contributed by atoms with van der Waals surface area (Å²) in [5.41, 5.74) is 4.95. The van der Waals surface area contributed by atoms with Crippen molar-refractivity contribution in [1.82, 2.24) is 10.6 Å². The number of carboxylic acid groups (broad SMARTS) is 1. The van der Waals surface area contributed by atoms with Crippen molar-refractivity contribution in [3.8, 4) is 0 Å². The molecule has 5 N–H and O–H groups in total. The highest BCUT2D eigenvalue weighted by atomic mass is 16.4. The van der Waals surface area contributed by atoms with Crippen molar-refractivity contribution in [2.45, 2.75) is 39.3 Å². The van der Waals surface area contributed by atoms with Gasteiger partial charge in [-0.1, -0.05) is 20.8 Å². The summed E-state index contributed by atoms with van der Waals surface area (Å²) in [5, 5.41) is 13.4. The van der Waals surface area contributed by atoms with Crippen LogP contribution >= 0.6 is 0 Å². The maximum Gasteiger partial charge on any atom is 0.326 e. The van der Waals surface area contributed by atoms with Crippen molar-refractivity contribution >= 4 is 17.9 Å². The molecule has 2 atom stereocenters. The molecule has 0 aliphatic heterocycles. The number of nitrogens with one attached hydrogen (secondary N) is 2. The van der Waals surface area contributed by atoms with Gasteiger partial charge in [0.1, 0.15) is 12.1 Å². The molecule has 98 valence electrons. The van der Waals surface area contributed by atoms with Crippen LogP contribution in [0.3, 0.4) is 0 Å². The number of hydrogen-bond donors (Lipinski definition) is 4. The summed E-state index contributed by atoms with van der Waals surface area (Å²) in [6.45, 7) is 5.09. The summed E-state index contributed by atoms with van der Waals surface area (Å²) < 4.78 is 0. The number of nitrogens with two attached hydrogens (primary N) is 1. The molecule has 0 saturated heterocycles. The molecule has 0 heterocycles. The van der Waals surface area contributed by atoms with Gasteiger partial charge < -0.3 is 21.5 Å². The summed E-state index contributed by atoms with van der Waals surface area (Å²) in [6.07, 6.45) is 0.266. The van der Waals surface area contributed by atoms with Crippen molar-refractivity contribution in [2.24, 2.45) is 11.7 Å². The zero-order valence-corrected chi connectivity index (χ0v) is 10.2. The topological polar surface area (TPSA) is 122 Å². The molecule has 0 aliphatic carbocycles. The molecule has 17 heavy (non-hydrogen) atoms. The Morgan fingerprint density at radius 1 is 1.24 bits per heavy atom. The molecule has 0 rings (SSSR count). The molecular weight excluding hydrogens is 226 g/mol. The average molecular weight is 245 g/mol. The van der Waals surface area contributed by atoms with E-state index in [-0.39, 0.29) is 12.3 Å². The monoisotopic (exact) mass is 245 g/mol. The zero-order valence-electron chi connectivity index (χ0n) is 10.2. The summed E-state index contributed by atoms with van der Waals surface area (Å²) >= 11 is 0. The van der Waals surface area contributed by atoms with E-state index in [9.17, 15) is 14.4 Å². The Morgan fingerprint density at radius 3 is 2.06 bits per heavy atom. The van der Waals surface area contributed by atoms with Crippen molar-refractivity contribution in [3.63, 3.8) is 0 Å². The highest BCUT2D eigenvalue weighted by Gasteiger charge is 2.27. The van der Waals surface area contributed by atoms with E-state index in [0.717, 1.165) is 0 Å². The lowest BCUT2D eigenvalue weighted by Crippen LogP contribution is -2.54. The summed E-state index contributed by atoms with van der Waals surface area (Å²) in [7, 11) is 0. The molecule has 1 unspecified atom stereocenters. The van der Waals surface area contributed by atoms with E-state index in [1.165, 1.54) is 0 Å². The van der Waals surface area contributed by atoms with Crippen LogP contribution in [0, 0.1) is 5.92 Å². The first-order valence-electron chi connectivity index (χ1n) is 5.38. The minimum Gasteiger partial charge on any atom is -0.480 e. The van der Waals surface area contributed by atoms with Crippen LogP contribution in [0.25, 0.3) is 0 Å². The van der Waals surface area contributed by atoms with Crippen LogP contribution < -0.4 is 16.4 Å². The number of amides is 3. The van der Waals surface area contributed by atoms with E-state index in [0.29, 0.717) is 0 Å². The third-order valence-electron chi connectivity index (χ3n) is 2.27. The van der Waals surface area contributed by atoms with Crippen molar-refractivity contribution in [2.75, 3.05) is 0 Å². The highest BCUT2D eigenvalue weighted by molar-refractivity contribution is 5.89. The van der Waals surface area contributed by atoms with Gasteiger partial charge >= 0.3 is 12.0 Å². The molecule has 0 aromatic rings. The number of urea groups is 1. The fourth-order valence-electron chi connectivity index (χ4n) is 1.29. The number of carboxylic acids is 1. The van der Waals surface area contributed by atoms with Crippen molar-refractivity contribution < 1.29 is 19.5 Å². The van der Waals surface area contributed by atoms with E-state index in [1.807, 2.05) is 0 Å². The SMILES string of the molecule is CC[C@@H](NC(=O)C(NC(N)=O)C(C)C)C(=O)O. The third kappa shape index (κ3) is 5.19. The van der Waals surface area contributed by atoms with Crippen LogP contribution in [0.1, 0.15) is 27.2 Å². The lowest BCUT2D eigenvalue weighted by atomic mass is 10.0. The standard InChI is InChI=1S/C10H19N3O4/c1-4-6(9(15)16)12-8(14)7(5(2)3)13-10(11)17/h5-7H,4H2,1-3H3,(H,12,14)(H,15,16)(H3,11,13,17)/t6-,7?/m1/s1. The van der Waals surface area contributed by atoms with E-state index in [1.54, 1.807) is 20.8 Å². The molecule has 0 spiro atoms. The summed E-state index contributed by atoms with van der Waals surface area (Å²) in [6, 6.07) is -2.61. The molecule has 0 aromatic carbocycles. The maximum absolute atomic E-state index is 11.7. The number of aliphatic carboxylic acids is 1. The Hall–Kier alpha value is -1.79. The van der Waals surface area contributed by atoms with Gasteiger partial charge in [0.2, 0.25) is 5.91 Å². The summed E-state index contributed by atoms with van der Waals surface area (Å²) in [5.74, 6) is -1.84. The molecule has 7 heteroatoms. The quantitative estimate of drug-likeness (QED) is 0.511. The second-order valence-corrected chi connectivity index (χ2v) is 4.04. The second kappa shape index (κ2) is 6.72. The van der Waals surface area contributed by atoms with Gasteiger partial charge in [0.15, 0.2) is 0 Å². The molecular formula is C10H19N3O4. The number of carbonyl (C=O) groups is 3. The van der Waals surface area contributed by atoms with Crippen LogP contribution in [0.5, 0.6) is 0 Å². The Labute approximate surface area is 99.7 Å². The van der Waals surface area contributed by atoms with Crippen LogP contribution in [-0.4, -0.2) is 35.1 Å². The fourth-order valence-corrected chi connectivity index (χ4v) is 1.29. The zero-order chi connectivity index (χ0) is 13.6. The van der Waals surface area contributed by atoms with E-state index >= 15 is 0 Å². The molecule has 7 nitrogen and oxygen atoms in total. The molecule has 0 aliphatic rings. The number of rotatable bonds is 6. The average Bonchev–Trinajstić information content (AvgIpc) is 2.20. The van der Waals surface area contributed by atoms with Crippen LogP contribution in [-0.2, 0) is 9.59 Å². The second-order valence-electron chi connectivity index (χ2n) is 4.04. The Kier molecular flexibility index (Phi) is 6.01. The number of primary amides is 1. The van der Waals surface area contributed by atoms with Gasteiger partial charge in [-0.2, -0.15) is 0 Å². The highest BCUT2D eigenvalue weighted by Crippen LogP contribution is 2.03. The van der Waals surface area contributed by atoms with Gasteiger partial charge in [-0.25, -0.2) is 9.59 Å². The first-order valence-corrected chi connectivity index (χ1v) is 5.38. The lowest BCUT2D eigenvalue weighted by Gasteiger charge is -2.22. The van der Waals surface area contributed by atoms with Gasteiger partial charge in [-0.15, -0.1) is 0 Å². The summed E-state index contributed by atoms with van der Waals surface area (Å²) in [4.78, 5) is 33.2. The maximum atomic E-state index is 11.7. The Bertz CT molecular complexity index is 304. The van der Waals surface area contributed by atoms with Gasteiger partial charge in [-0.3, -0.25) is 4.79 Å².